The molecule has 0 unspecified atom stereocenters. The molecule has 2 aromatic rings. The Hall–Kier alpha value is -1.85. The van der Waals surface area contributed by atoms with Gasteiger partial charge < -0.3 is 10.5 Å². The van der Waals surface area contributed by atoms with Gasteiger partial charge in [0.25, 0.3) is 0 Å². The van der Waals surface area contributed by atoms with Gasteiger partial charge in [0.15, 0.2) is 0 Å². The lowest BCUT2D eigenvalue weighted by molar-refractivity contribution is 0.259. The van der Waals surface area contributed by atoms with E-state index in [0.29, 0.717) is 0 Å². The standard InChI is InChI=1S/C15H17N3OS/c1-18-5-6-19-13-3-2-10(8-11(13)9-18)12-4-7-20-14(12)15(16)17/h2-4,7-8H,5-6,9H2,1H3,(H3,16,17). The van der Waals surface area contributed by atoms with E-state index >= 15 is 0 Å². The second-order valence-electron chi connectivity index (χ2n) is 4.99. The van der Waals surface area contributed by atoms with Crippen molar-refractivity contribution in [3.63, 3.8) is 0 Å². The van der Waals surface area contributed by atoms with Gasteiger partial charge in [0.2, 0.25) is 0 Å². The lowest BCUT2D eigenvalue weighted by Gasteiger charge is -2.12. The molecule has 0 saturated carbocycles. The largest absolute Gasteiger partial charge is 0.492 e. The zero-order valence-electron chi connectivity index (χ0n) is 11.3. The zero-order chi connectivity index (χ0) is 14.1. The minimum atomic E-state index is 0.123. The normalized spacial score (nSPS) is 15.2. The number of nitrogens with one attached hydrogen (secondary N) is 1. The van der Waals surface area contributed by atoms with Crippen LogP contribution in [0.25, 0.3) is 11.1 Å². The summed E-state index contributed by atoms with van der Waals surface area (Å²) in [6.45, 7) is 2.53. The average molecular weight is 287 g/mol. The maximum atomic E-state index is 7.65. The maximum Gasteiger partial charge on any atom is 0.133 e. The summed E-state index contributed by atoms with van der Waals surface area (Å²) >= 11 is 1.50. The van der Waals surface area contributed by atoms with E-state index in [9.17, 15) is 0 Å². The Morgan fingerprint density at radius 1 is 1.40 bits per heavy atom. The van der Waals surface area contributed by atoms with E-state index in [2.05, 4.69) is 18.0 Å². The molecular formula is C15H17N3OS. The minimum Gasteiger partial charge on any atom is -0.492 e. The number of hydrogen-bond acceptors (Lipinski definition) is 4. The number of amidine groups is 1. The van der Waals surface area contributed by atoms with E-state index in [0.717, 1.165) is 41.4 Å². The molecule has 0 atom stereocenters. The smallest absolute Gasteiger partial charge is 0.133 e. The summed E-state index contributed by atoms with van der Waals surface area (Å²) < 4.78 is 5.76. The highest BCUT2D eigenvalue weighted by Gasteiger charge is 2.15. The average Bonchev–Trinajstić information content (AvgIpc) is 2.82. The molecule has 1 aliphatic rings. The molecule has 3 rings (SSSR count). The molecule has 0 saturated heterocycles. The number of ether oxygens (including phenoxy) is 1. The molecule has 1 aliphatic heterocycles. The molecule has 4 nitrogen and oxygen atoms in total. The van der Waals surface area contributed by atoms with Gasteiger partial charge in [-0.05, 0) is 36.2 Å². The molecule has 0 radical (unpaired) electrons. The van der Waals surface area contributed by atoms with Crippen LogP contribution in [0.2, 0.25) is 0 Å². The first-order valence-electron chi connectivity index (χ1n) is 6.51. The van der Waals surface area contributed by atoms with Crippen molar-refractivity contribution < 1.29 is 4.74 Å². The van der Waals surface area contributed by atoms with Gasteiger partial charge in [0, 0.05) is 24.2 Å². The summed E-state index contributed by atoms with van der Waals surface area (Å²) in [6, 6.07) is 8.22. The highest BCUT2D eigenvalue weighted by atomic mass is 32.1. The zero-order valence-corrected chi connectivity index (χ0v) is 12.2. The molecule has 0 amide bonds. The van der Waals surface area contributed by atoms with Gasteiger partial charge in [-0.25, -0.2) is 0 Å². The first-order chi connectivity index (χ1) is 9.65. The number of rotatable bonds is 2. The molecule has 0 fully saturated rings. The number of nitrogens with zero attached hydrogens (tertiary/aromatic N) is 1. The fourth-order valence-corrected chi connectivity index (χ4v) is 3.22. The summed E-state index contributed by atoms with van der Waals surface area (Å²) in [5, 5.41) is 9.63. The quantitative estimate of drug-likeness (QED) is 0.659. The Labute approximate surface area is 122 Å². The van der Waals surface area contributed by atoms with Crippen molar-refractivity contribution in [2.45, 2.75) is 6.54 Å². The number of likely N-dealkylation sites (N-methyl/N-ethyl adjacent to an activating group) is 1. The molecule has 5 heteroatoms. The van der Waals surface area contributed by atoms with Crippen LogP contribution >= 0.6 is 11.3 Å². The van der Waals surface area contributed by atoms with E-state index in [1.165, 1.54) is 16.9 Å². The summed E-state index contributed by atoms with van der Waals surface area (Å²) in [5.41, 5.74) is 8.94. The Morgan fingerprint density at radius 3 is 3.05 bits per heavy atom. The fourth-order valence-electron chi connectivity index (χ4n) is 2.44. The van der Waals surface area contributed by atoms with Gasteiger partial charge in [0.05, 0.1) is 4.88 Å². The van der Waals surface area contributed by atoms with Crippen LogP contribution in [0.3, 0.4) is 0 Å². The topological polar surface area (TPSA) is 62.3 Å². The van der Waals surface area contributed by atoms with Gasteiger partial charge in [-0.3, -0.25) is 10.3 Å². The summed E-state index contributed by atoms with van der Waals surface area (Å²) in [7, 11) is 2.09. The molecule has 20 heavy (non-hydrogen) atoms. The van der Waals surface area contributed by atoms with Crippen molar-refractivity contribution in [1.29, 1.82) is 5.41 Å². The minimum absolute atomic E-state index is 0.123. The first-order valence-corrected chi connectivity index (χ1v) is 7.39. The van der Waals surface area contributed by atoms with Crippen molar-refractivity contribution in [1.82, 2.24) is 4.90 Å². The number of hydrogen-bond donors (Lipinski definition) is 2. The third kappa shape index (κ3) is 2.42. The summed E-state index contributed by atoms with van der Waals surface area (Å²) in [5.74, 6) is 1.08. The van der Waals surface area contributed by atoms with Gasteiger partial charge in [-0.2, -0.15) is 0 Å². The Bertz CT molecular complexity index is 650. The van der Waals surface area contributed by atoms with Gasteiger partial charge in [-0.1, -0.05) is 6.07 Å². The number of nitrogen functional groups attached to an aromatic ring is 1. The van der Waals surface area contributed by atoms with E-state index in [-0.39, 0.29) is 5.84 Å². The van der Waals surface area contributed by atoms with E-state index in [1.54, 1.807) is 0 Å². The Kier molecular flexibility index (Phi) is 3.46. The van der Waals surface area contributed by atoms with Crippen molar-refractivity contribution in [3.05, 3.63) is 40.1 Å². The van der Waals surface area contributed by atoms with Gasteiger partial charge >= 0.3 is 0 Å². The number of nitrogens with two attached hydrogens (primary N) is 1. The predicted molar refractivity (Wildman–Crippen MR) is 82.6 cm³/mol. The molecule has 1 aromatic carbocycles. The van der Waals surface area contributed by atoms with E-state index < -0.39 is 0 Å². The Balaban J connectivity index is 2.03. The van der Waals surface area contributed by atoms with Crippen LogP contribution in [0.4, 0.5) is 0 Å². The van der Waals surface area contributed by atoms with Gasteiger partial charge in [-0.15, -0.1) is 11.3 Å². The van der Waals surface area contributed by atoms with E-state index in [4.69, 9.17) is 15.9 Å². The number of thiophene rings is 1. The molecule has 0 spiro atoms. The molecule has 2 heterocycles. The van der Waals surface area contributed by atoms with Crippen molar-refractivity contribution in [2.24, 2.45) is 5.73 Å². The molecule has 104 valence electrons. The van der Waals surface area contributed by atoms with Crippen LogP contribution in [0.1, 0.15) is 10.4 Å². The van der Waals surface area contributed by atoms with E-state index in [1.807, 2.05) is 23.6 Å². The molecule has 0 bridgehead atoms. The second-order valence-corrected chi connectivity index (χ2v) is 5.90. The van der Waals surface area contributed by atoms with Crippen LogP contribution in [0, 0.1) is 5.41 Å². The summed E-state index contributed by atoms with van der Waals surface area (Å²) in [6.07, 6.45) is 0. The highest BCUT2D eigenvalue weighted by Crippen LogP contribution is 2.32. The molecule has 0 aliphatic carbocycles. The molecule has 3 N–H and O–H groups in total. The highest BCUT2D eigenvalue weighted by molar-refractivity contribution is 7.12. The number of fused-ring (bicyclic) bond motifs is 1. The van der Waals surface area contributed by atoms with Crippen LogP contribution in [0.5, 0.6) is 5.75 Å². The van der Waals surface area contributed by atoms with Crippen molar-refractivity contribution >= 4 is 17.2 Å². The lowest BCUT2D eigenvalue weighted by atomic mass is 10.0. The fraction of sp³-hybridized carbons (Fsp3) is 0.267. The van der Waals surface area contributed by atoms with Crippen LogP contribution in [-0.4, -0.2) is 30.9 Å². The predicted octanol–water partition coefficient (Wildman–Crippen LogP) is 2.52. The van der Waals surface area contributed by atoms with Crippen molar-refractivity contribution in [2.75, 3.05) is 20.2 Å². The number of benzene rings is 1. The Morgan fingerprint density at radius 2 is 2.25 bits per heavy atom. The lowest BCUT2D eigenvalue weighted by Crippen LogP contribution is -2.20. The van der Waals surface area contributed by atoms with Gasteiger partial charge in [0.1, 0.15) is 18.2 Å². The third-order valence-electron chi connectivity index (χ3n) is 3.45. The third-order valence-corrected chi connectivity index (χ3v) is 4.40. The monoisotopic (exact) mass is 287 g/mol. The van der Waals surface area contributed by atoms with Crippen LogP contribution in [-0.2, 0) is 6.54 Å². The molecular weight excluding hydrogens is 270 g/mol. The summed E-state index contributed by atoms with van der Waals surface area (Å²) in [4.78, 5) is 3.07. The van der Waals surface area contributed by atoms with Crippen LogP contribution in [0.15, 0.2) is 29.6 Å². The molecule has 1 aromatic heterocycles. The second kappa shape index (κ2) is 5.26. The van der Waals surface area contributed by atoms with Crippen LogP contribution < -0.4 is 10.5 Å². The maximum absolute atomic E-state index is 7.65. The SMILES string of the molecule is CN1CCOc2ccc(-c3ccsc3C(=N)N)cc2C1. The van der Waals surface area contributed by atoms with Crippen molar-refractivity contribution in [3.8, 4) is 16.9 Å². The first kappa shape index (κ1) is 13.1.